The summed E-state index contributed by atoms with van der Waals surface area (Å²) in [4.78, 5) is 13.2. The maximum Gasteiger partial charge on any atom is 0.294 e. The number of fused-ring (bicyclic) bond motifs is 2. The maximum absolute atomic E-state index is 12.3. The summed E-state index contributed by atoms with van der Waals surface area (Å²) >= 11 is 0. The Labute approximate surface area is 405 Å². The molecule has 20 heteroatoms. The first-order chi connectivity index (χ1) is 32.2. The van der Waals surface area contributed by atoms with E-state index in [0.29, 0.717) is 66.0 Å². The van der Waals surface area contributed by atoms with Crippen LogP contribution in [-0.4, -0.2) is 93.7 Å². The molecular formula is C49H58N3O13S4+. The van der Waals surface area contributed by atoms with E-state index in [-0.39, 0.29) is 41.4 Å². The molecule has 0 radical (unpaired) electrons. The van der Waals surface area contributed by atoms with Crippen molar-refractivity contribution in [1.29, 1.82) is 0 Å². The quantitative estimate of drug-likeness (QED) is 0.0259. The Kier molecular flexibility index (Phi) is 15.9. The van der Waals surface area contributed by atoms with Gasteiger partial charge in [0, 0.05) is 54.0 Å². The van der Waals surface area contributed by atoms with Crippen LogP contribution in [0.25, 0.3) is 5.57 Å². The summed E-state index contributed by atoms with van der Waals surface area (Å²) < 4.78 is 138. The Bertz CT molecular complexity index is 3200. The Morgan fingerprint density at radius 2 is 1.36 bits per heavy atom. The number of hydrogen-bond acceptors (Lipinski definition) is 10. The minimum Gasteiger partial charge on any atom is -0.347 e. The molecule has 6 rings (SSSR count). The summed E-state index contributed by atoms with van der Waals surface area (Å²) in [6.07, 6.45) is 18.0. The number of aryl methyl sites for hydroxylation is 1. The second kappa shape index (κ2) is 20.6. The highest BCUT2D eigenvalue weighted by atomic mass is 32.2. The summed E-state index contributed by atoms with van der Waals surface area (Å²) in [7, 11) is -14.2. The van der Waals surface area contributed by atoms with Crippen molar-refractivity contribution >= 4 is 69.0 Å². The minimum absolute atomic E-state index is 0.0418. The van der Waals surface area contributed by atoms with Gasteiger partial charge in [-0.05, 0) is 148 Å². The molecule has 0 bridgehead atoms. The highest BCUT2D eigenvalue weighted by Crippen LogP contribution is 2.51. The summed E-state index contributed by atoms with van der Waals surface area (Å²) in [6.45, 7) is 3.73. The Morgan fingerprint density at radius 1 is 0.768 bits per heavy atom. The van der Waals surface area contributed by atoms with E-state index >= 15 is 0 Å². The van der Waals surface area contributed by atoms with Crippen LogP contribution in [0.5, 0.6) is 0 Å². The fourth-order valence-corrected chi connectivity index (χ4v) is 12.0. The fraction of sp³-hybridized carbons (Fsp3) is 0.388. The summed E-state index contributed by atoms with van der Waals surface area (Å²) in [5.74, 6) is -1.25. The molecule has 3 aliphatic rings. The van der Waals surface area contributed by atoms with E-state index < -0.39 is 62.8 Å². The molecule has 0 saturated carbocycles. The van der Waals surface area contributed by atoms with Gasteiger partial charge in [0.05, 0.1) is 26.7 Å². The molecule has 1 aliphatic carbocycles. The lowest BCUT2D eigenvalue weighted by Gasteiger charge is -2.29. The third kappa shape index (κ3) is 12.4. The molecule has 5 N–H and O–H groups in total. The predicted molar refractivity (Wildman–Crippen MR) is 265 cm³/mol. The van der Waals surface area contributed by atoms with Crippen molar-refractivity contribution in [2.24, 2.45) is 0 Å². The molecule has 370 valence electrons. The zero-order valence-electron chi connectivity index (χ0n) is 38.8. The maximum atomic E-state index is 12.3. The summed E-state index contributed by atoms with van der Waals surface area (Å²) in [5, 5.41) is 2.36. The zero-order chi connectivity index (χ0) is 50.7. The largest absolute Gasteiger partial charge is 0.347 e. The molecule has 2 atom stereocenters. The van der Waals surface area contributed by atoms with Crippen LogP contribution in [0.3, 0.4) is 0 Å². The number of carbonyl (C=O) groups is 1. The Morgan fingerprint density at radius 3 is 1.96 bits per heavy atom. The number of rotatable bonds is 19. The molecule has 0 aromatic heterocycles. The van der Waals surface area contributed by atoms with Gasteiger partial charge in [0.1, 0.15) is 7.05 Å². The molecule has 0 saturated heterocycles. The van der Waals surface area contributed by atoms with Gasteiger partial charge >= 0.3 is 0 Å². The van der Waals surface area contributed by atoms with E-state index in [2.05, 4.69) is 11.4 Å². The molecular weight excluding hydrogens is 967 g/mol. The van der Waals surface area contributed by atoms with Crippen molar-refractivity contribution in [3.05, 3.63) is 124 Å². The van der Waals surface area contributed by atoms with Gasteiger partial charge in [-0.1, -0.05) is 42.8 Å². The number of unbranched alkanes of at least 4 members (excludes halogenated alkanes) is 1. The van der Waals surface area contributed by atoms with Crippen LogP contribution >= 0.6 is 0 Å². The number of nitrogens with zero attached hydrogens (tertiary/aromatic N) is 2. The molecule has 2 heterocycles. The first-order valence-electron chi connectivity index (χ1n) is 22.3. The predicted octanol–water partition coefficient (Wildman–Crippen LogP) is 7.33. The third-order valence-corrected chi connectivity index (χ3v) is 16.8. The smallest absolute Gasteiger partial charge is 0.294 e. The van der Waals surface area contributed by atoms with Gasteiger partial charge in [-0.3, -0.25) is 28.3 Å². The van der Waals surface area contributed by atoms with Crippen LogP contribution in [-0.2, 0) is 62.5 Å². The molecule has 3 aromatic rings. The van der Waals surface area contributed by atoms with E-state index in [1.54, 1.807) is 12.1 Å². The average Bonchev–Trinajstić information content (AvgIpc) is 3.59. The normalized spacial score (nSPS) is 21.1. The lowest BCUT2D eigenvalue weighted by Crippen LogP contribution is -2.31. The fourth-order valence-electron chi connectivity index (χ4n) is 10.0. The monoisotopic (exact) mass is 1020 g/mol. The van der Waals surface area contributed by atoms with Gasteiger partial charge in [0.25, 0.3) is 40.5 Å². The number of terminal acetylenes is 1. The first kappa shape index (κ1) is 53.1. The Hall–Kier alpha value is -5.24. The second-order valence-electron chi connectivity index (χ2n) is 18.2. The number of carbonyl (C=O) groups excluding carboxylic acids is 1. The SMILES string of the molecule is C#CNC(=O)CCCCc1ccc(C2=C(/C=C/C3=[N+](C)c4ccc(S(=O)(=O)O)cc4C3(C)CCCS(=O)(=O)O)CCC/C2=C\C=C2\N(C)c3ccc(S(=O)(=O)O)cc3C2(C)CCCS(=O)(=O)O)cc1. The zero-order valence-corrected chi connectivity index (χ0v) is 42.1. The van der Waals surface area contributed by atoms with Gasteiger partial charge in [-0.15, -0.1) is 0 Å². The number of allylic oxidation sites excluding steroid dienone is 8. The number of benzene rings is 3. The molecule has 0 spiro atoms. The van der Waals surface area contributed by atoms with Crippen molar-refractivity contribution in [3.63, 3.8) is 0 Å². The first-order valence-corrected chi connectivity index (χ1v) is 28.4. The molecule has 16 nitrogen and oxygen atoms in total. The van der Waals surface area contributed by atoms with E-state index in [4.69, 9.17) is 6.42 Å². The van der Waals surface area contributed by atoms with Gasteiger partial charge < -0.3 is 4.90 Å². The van der Waals surface area contributed by atoms with E-state index in [1.807, 2.05) is 86.0 Å². The molecule has 1 amide bonds. The van der Waals surface area contributed by atoms with Crippen molar-refractivity contribution in [3.8, 4) is 12.5 Å². The van der Waals surface area contributed by atoms with Crippen LogP contribution in [0.2, 0.25) is 0 Å². The third-order valence-electron chi connectivity index (χ3n) is 13.4. The number of nitrogens with one attached hydrogen (secondary N) is 1. The van der Waals surface area contributed by atoms with Crippen LogP contribution in [0.4, 0.5) is 11.4 Å². The number of anilines is 1. The van der Waals surface area contributed by atoms with E-state index in [9.17, 15) is 56.7 Å². The van der Waals surface area contributed by atoms with Crippen molar-refractivity contribution in [2.75, 3.05) is 30.5 Å². The second-order valence-corrected chi connectivity index (χ2v) is 24.2. The molecule has 69 heavy (non-hydrogen) atoms. The number of hydrogen-bond donors (Lipinski definition) is 5. The number of amides is 1. The van der Waals surface area contributed by atoms with Crippen LogP contribution in [0.1, 0.15) is 100 Å². The van der Waals surface area contributed by atoms with Gasteiger partial charge in [0.2, 0.25) is 11.6 Å². The molecule has 3 aromatic carbocycles. The lowest BCUT2D eigenvalue weighted by molar-refractivity contribution is -0.401. The topological polar surface area (TPSA) is 253 Å². The molecule has 2 aliphatic heterocycles. The van der Waals surface area contributed by atoms with E-state index in [0.717, 1.165) is 40.7 Å². The Balaban J connectivity index is 1.48. The van der Waals surface area contributed by atoms with Crippen molar-refractivity contribution < 1.29 is 61.3 Å². The highest BCUT2D eigenvalue weighted by molar-refractivity contribution is 7.86. The van der Waals surface area contributed by atoms with Crippen LogP contribution < -0.4 is 10.2 Å². The van der Waals surface area contributed by atoms with Crippen molar-refractivity contribution in [2.45, 2.75) is 105 Å². The molecule has 0 fully saturated rings. The van der Waals surface area contributed by atoms with Crippen LogP contribution in [0, 0.1) is 12.5 Å². The van der Waals surface area contributed by atoms with Gasteiger partial charge in [-0.25, -0.2) is 0 Å². The number of likely N-dealkylation sites (N-methyl/N-ethyl adjacent to an activating group) is 1. The molecule has 2 unspecified atom stereocenters. The summed E-state index contributed by atoms with van der Waals surface area (Å²) in [5.41, 5.74) is 6.68. The lowest BCUT2D eigenvalue weighted by atomic mass is 9.75. The van der Waals surface area contributed by atoms with E-state index in [1.165, 1.54) is 24.3 Å². The highest BCUT2D eigenvalue weighted by Gasteiger charge is 2.47. The van der Waals surface area contributed by atoms with Gasteiger partial charge in [-0.2, -0.15) is 38.2 Å². The van der Waals surface area contributed by atoms with Crippen LogP contribution in [0.15, 0.2) is 112 Å². The minimum atomic E-state index is -4.59. The van der Waals surface area contributed by atoms with Crippen molar-refractivity contribution in [1.82, 2.24) is 5.32 Å². The standard InChI is InChI=1S/C49H57N3O13S4/c1-6-50-46(53)15-8-7-12-34-16-18-37(19-17-34)47-35(20-26-44-48(2,28-10-30-66(54,55)56)40-32-38(68(60,61)62)22-24-42(40)51(44)4)13-9-14-36(47)21-27-45-49(3,29-11-31-67(57,58)59)41-33-39(69(63,64)65)23-25-43(41)52(45)5/h1,16-27,32-33H,7-15,28-31H2,2-5H3,(H4-,50,53,54,55,56,57,58,59,60,61,62,63,64,65)/p+1. The van der Waals surface area contributed by atoms with Gasteiger partial charge in [0.15, 0.2) is 5.71 Å². The average molecular weight is 1030 g/mol. The summed E-state index contributed by atoms with van der Waals surface area (Å²) in [6, 6.07) is 18.8.